The minimum Gasteiger partial charge on any atom is -0.493 e. The van der Waals surface area contributed by atoms with Crippen LogP contribution in [-0.2, 0) is 20.7 Å². The van der Waals surface area contributed by atoms with Gasteiger partial charge in [0.05, 0.1) is 40.6 Å². The highest BCUT2D eigenvalue weighted by Crippen LogP contribution is 2.30. The Balaban J connectivity index is 1.30. The van der Waals surface area contributed by atoms with Gasteiger partial charge in [0.1, 0.15) is 6.04 Å². The molecule has 0 aliphatic heterocycles. The molecule has 4 rings (SSSR count). The lowest BCUT2D eigenvalue weighted by molar-refractivity contribution is -0.137. The quantitative estimate of drug-likeness (QED) is 0.0882. The van der Waals surface area contributed by atoms with E-state index >= 15 is 0 Å². The van der Waals surface area contributed by atoms with Crippen LogP contribution < -0.4 is 30.7 Å². The summed E-state index contributed by atoms with van der Waals surface area (Å²) in [5.41, 5.74) is 2.07. The Morgan fingerprint density at radius 1 is 0.745 bits per heavy atom. The average molecular weight is 646 g/mol. The SMILES string of the molecule is COc1ccc(Nc2nc(NCCOCCOCCNC(=O)c3ccccc3)nc(N[C@@H](Cc3ccccc3)C(=O)O)n2)cc1OC. The number of aromatic nitrogens is 3. The molecule has 14 heteroatoms. The predicted octanol–water partition coefficient (Wildman–Crippen LogP) is 3.62. The molecule has 0 bridgehead atoms. The number of benzene rings is 3. The lowest BCUT2D eigenvalue weighted by atomic mass is 10.1. The molecule has 0 aliphatic carbocycles. The van der Waals surface area contributed by atoms with Crippen LogP contribution in [0.1, 0.15) is 15.9 Å². The van der Waals surface area contributed by atoms with Crippen molar-refractivity contribution in [1.82, 2.24) is 20.3 Å². The van der Waals surface area contributed by atoms with E-state index in [2.05, 4.69) is 36.2 Å². The van der Waals surface area contributed by atoms with Crippen molar-refractivity contribution in [2.24, 2.45) is 0 Å². The van der Waals surface area contributed by atoms with Crippen molar-refractivity contribution in [1.29, 1.82) is 0 Å². The zero-order chi connectivity index (χ0) is 33.3. The summed E-state index contributed by atoms with van der Waals surface area (Å²) in [5.74, 6) is 0.330. The van der Waals surface area contributed by atoms with Crippen LogP contribution in [0, 0.1) is 0 Å². The van der Waals surface area contributed by atoms with Crippen molar-refractivity contribution in [2.45, 2.75) is 12.5 Å². The summed E-state index contributed by atoms with van der Waals surface area (Å²) in [6, 6.07) is 22.5. The number of anilines is 4. The number of nitrogens with one attached hydrogen (secondary N) is 4. The number of nitrogens with zero attached hydrogens (tertiary/aromatic N) is 3. The van der Waals surface area contributed by atoms with Gasteiger partial charge in [0.15, 0.2) is 11.5 Å². The molecule has 47 heavy (non-hydrogen) atoms. The number of aliphatic carboxylic acids is 1. The van der Waals surface area contributed by atoms with Crippen LogP contribution in [0.15, 0.2) is 78.9 Å². The summed E-state index contributed by atoms with van der Waals surface area (Å²) in [6.45, 7) is 2.14. The fraction of sp³-hybridized carbons (Fsp3) is 0.303. The molecule has 5 N–H and O–H groups in total. The summed E-state index contributed by atoms with van der Waals surface area (Å²) in [5, 5.41) is 21.8. The van der Waals surface area contributed by atoms with E-state index in [0.717, 1.165) is 5.56 Å². The highest BCUT2D eigenvalue weighted by molar-refractivity contribution is 5.94. The van der Waals surface area contributed by atoms with E-state index in [9.17, 15) is 14.7 Å². The van der Waals surface area contributed by atoms with Gasteiger partial charge in [0.25, 0.3) is 5.91 Å². The maximum Gasteiger partial charge on any atom is 0.326 e. The highest BCUT2D eigenvalue weighted by atomic mass is 16.5. The van der Waals surface area contributed by atoms with Gasteiger partial charge in [-0.2, -0.15) is 15.0 Å². The van der Waals surface area contributed by atoms with Crippen LogP contribution in [0.2, 0.25) is 0 Å². The van der Waals surface area contributed by atoms with Gasteiger partial charge in [0.2, 0.25) is 17.8 Å². The normalized spacial score (nSPS) is 11.3. The third-order valence-electron chi connectivity index (χ3n) is 6.63. The van der Waals surface area contributed by atoms with Crippen molar-refractivity contribution in [3.8, 4) is 11.5 Å². The summed E-state index contributed by atoms with van der Waals surface area (Å²) < 4.78 is 21.9. The number of methoxy groups -OCH3 is 2. The van der Waals surface area contributed by atoms with Crippen LogP contribution in [0.3, 0.4) is 0 Å². The molecule has 0 saturated carbocycles. The zero-order valence-electron chi connectivity index (χ0n) is 26.3. The molecule has 0 fully saturated rings. The molecule has 0 unspecified atom stereocenters. The highest BCUT2D eigenvalue weighted by Gasteiger charge is 2.20. The molecule has 248 valence electrons. The lowest BCUT2D eigenvalue weighted by Gasteiger charge is -2.16. The van der Waals surface area contributed by atoms with Crippen molar-refractivity contribution in [3.05, 3.63) is 90.0 Å². The first-order chi connectivity index (χ1) is 22.9. The number of carbonyl (C=O) groups excluding carboxylic acids is 1. The van der Waals surface area contributed by atoms with E-state index in [4.69, 9.17) is 18.9 Å². The van der Waals surface area contributed by atoms with E-state index in [-0.39, 0.29) is 30.2 Å². The Morgan fingerprint density at radius 2 is 1.38 bits per heavy atom. The Kier molecular flexibility index (Phi) is 13.5. The molecule has 0 saturated heterocycles. The van der Waals surface area contributed by atoms with Crippen molar-refractivity contribution in [3.63, 3.8) is 0 Å². The number of hydrogen-bond donors (Lipinski definition) is 5. The maximum absolute atomic E-state index is 12.1. The van der Waals surface area contributed by atoms with Gasteiger partial charge in [-0.05, 0) is 29.8 Å². The summed E-state index contributed by atoms with van der Waals surface area (Å²) >= 11 is 0. The largest absolute Gasteiger partial charge is 0.493 e. The molecule has 14 nitrogen and oxygen atoms in total. The molecule has 0 spiro atoms. The number of rotatable bonds is 20. The zero-order valence-corrected chi connectivity index (χ0v) is 26.3. The average Bonchev–Trinajstić information content (AvgIpc) is 3.09. The van der Waals surface area contributed by atoms with Crippen LogP contribution in [0.25, 0.3) is 0 Å². The first-order valence-electron chi connectivity index (χ1n) is 15.0. The number of carbonyl (C=O) groups is 2. The van der Waals surface area contributed by atoms with Gasteiger partial charge in [-0.15, -0.1) is 0 Å². The smallest absolute Gasteiger partial charge is 0.326 e. The molecule has 1 aromatic heterocycles. The van der Waals surface area contributed by atoms with Gasteiger partial charge < -0.3 is 45.3 Å². The summed E-state index contributed by atoms with van der Waals surface area (Å²) in [4.78, 5) is 37.4. The van der Waals surface area contributed by atoms with Crippen LogP contribution >= 0.6 is 0 Å². The first kappa shape index (κ1) is 34.4. The van der Waals surface area contributed by atoms with Gasteiger partial charge in [-0.25, -0.2) is 4.79 Å². The molecule has 4 aromatic rings. The van der Waals surface area contributed by atoms with E-state index < -0.39 is 12.0 Å². The van der Waals surface area contributed by atoms with Gasteiger partial charge in [-0.1, -0.05) is 48.5 Å². The molecule has 3 aromatic carbocycles. The Morgan fingerprint density at radius 3 is 2.06 bits per heavy atom. The molecular weight excluding hydrogens is 606 g/mol. The van der Waals surface area contributed by atoms with Crippen LogP contribution in [0.4, 0.5) is 23.5 Å². The molecule has 1 atom stereocenters. The third kappa shape index (κ3) is 11.4. The number of ether oxygens (including phenoxy) is 4. The topological polar surface area (TPSA) is 178 Å². The monoisotopic (exact) mass is 645 g/mol. The van der Waals surface area contributed by atoms with Crippen LogP contribution in [-0.4, -0.2) is 91.7 Å². The van der Waals surface area contributed by atoms with Crippen molar-refractivity contribution >= 4 is 35.4 Å². The molecule has 1 heterocycles. The number of amides is 1. The second kappa shape index (κ2) is 18.5. The fourth-order valence-electron chi connectivity index (χ4n) is 4.31. The molecule has 1 amide bonds. The van der Waals surface area contributed by atoms with Gasteiger partial charge in [0, 0.05) is 36.8 Å². The standard InChI is InChI=1S/C33H39N7O7/c1-44-27-14-13-25(22-28(27)45-2)36-32-38-31(39-33(40-32)37-26(30(42)43)21-23-9-5-3-6-10-23)35-16-18-47-20-19-46-17-15-34-29(41)24-11-7-4-8-12-24/h3-14,22,26H,15-21H2,1-2H3,(H,34,41)(H,42,43)(H3,35,36,37,38,39,40)/t26-/m0/s1. The minimum atomic E-state index is -1.05. The van der Waals surface area contributed by atoms with Crippen molar-refractivity contribution < 1.29 is 33.6 Å². The Hall–Kier alpha value is -5.47. The van der Waals surface area contributed by atoms with E-state index in [1.54, 1.807) is 37.4 Å². The van der Waals surface area contributed by atoms with E-state index in [0.29, 0.717) is 62.3 Å². The minimum absolute atomic E-state index is 0.0717. The second-order valence-electron chi connectivity index (χ2n) is 10.00. The number of hydrogen-bond acceptors (Lipinski definition) is 12. The van der Waals surface area contributed by atoms with Gasteiger partial charge >= 0.3 is 5.97 Å². The third-order valence-corrected chi connectivity index (χ3v) is 6.63. The molecule has 0 radical (unpaired) electrons. The lowest BCUT2D eigenvalue weighted by Crippen LogP contribution is -2.32. The maximum atomic E-state index is 12.1. The summed E-state index contributed by atoms with van der Waals surface area (Å²) in [6.07, 6.45) is 0.221. The van der Waals surface area contributed by atoms with E-state index in [1.165, 1.54) is 7.11 Å². The van der Waals surface area contributed by atoms with E-state index in [1.807, 2.05) is 48.5 Å². The fourth-order valence-corrected chi connectivity index (χ4v) is 4.31. The predicted molar refractivity (Wildman–Crippen MR) is 177 cm³/mol. The molecular formula is C33H39N7O7. The second-order valence-corrected chi connectivity index (χ2v) is 10.00. The Bertz CT molecular complexity index is 1560. The summed E-state index contributed by atoms with van der Waals surface area (Å²) in [7, 11) is 3.08. The molecule has 0 aliphatic rings. The number of carboxylic acid groups (broad SMARTS) is 1. The van der Waals surface area contributed by atoms with Crippen LogP contribution in [0.5, 0.6) is 11.5 Å². The number of carboxylic acids is 1. The van der Waals surface area contributed by atoms with Crippen molar-refractivity contribution in [2.75, 3.05) is 69.7 Å². The first-order valence-corrected chi connectivity index (χ1v) is 15.0. The van der Waals surface area contributed by atoms with Gasteiger partial charge in [-0.3, -0.25) is 4.79 Å². The Labute approximate surface area is 272 Å².